The predicted molar refractivity (Wildman–Crippen MR) is 109 cm³/mol. The summed E-state index contributed by atoms with van der Waals surface area (Å²) in [5.41, 5.74) is 3.76. The van der Waals surface area contributed by atoms with Gasteiger partial charge in [0.25, 0.3) is 0 Å². The van der Waals surface area contributed by atoms with Gasteiger partial charge in [0.15, 0.2) is 5.82 Å². The molecule has 0 atom stereocenters. The Hall–Kier alpha value is -2.96. The highest BCUT2D eigenvalue weighted by Crippen LogP contribution is 2.28. The summed E-state index contributed by atoms with van der Waals surface area (Å²) < 4.78 is 1.84. The first kappa shape index (κ1) is 17.2. The molecule has 2 aliphatic rings. The monoisotopic (exact) mass is 375 g/mol. The standard InChI is InChI=1S/C21H25N7/c1-16-13-24-28(14-16)20-8-4-7-19(25-20)26-9-11-27(12-10-26)21-17-5-2-3-6-18(17)22-15-23-21/h4,7-8,13-15H,2-3,5-6,9-12H2,1H3. The molecule has 0 radical (unpaired) electrons. The third-order valence-corrected chi connectivity index (χ3v) is 5.67. The van der Waals surface area contributed by atoms with Crippen LogP contribution in [0.15, 0.2) is 36.9 Å². The van der Waals surface area contributed by atoms with Crippen LogP contribution in [0.1, 0.15) is 29.7 Å². The first-order chi connectivity index (χ1) is 13.8. The second kappa shape index (κ2) is 7.22. The molecular formula is C21H25N7. The molecule has 7 nitrogen and oxygen atoms in total. The summed E-state index contributed by atoms with van der Waals surface area (Å²) in [5.74, 6) is 3.02. The molecule has 3 aromatic rings. The number of anilines is 2. The van der Waals surface area contributed by atoms with E-state index >= 15 is 0 Å². The molecule has 0 amide bonds. The lowest BCUT2D eigenvalue weighted by atomic mass is 9.96. The SMILES string of the molecule is Cc1cnn(-c2cccc(N3CCN(c4ncnc5c4CCCC5)CC3)n2)c1. The van der Waals surface area contributed by atoms with E-state index in [2.05, 4.69) is 37.0 Å². The maximum atomic E-state index is 4.83. The van der Waals surface area contributed by atoms with Gasteiger partial charge in [-0.15, -0.1) is 0 Å². The number of hydrogen-bond acceptors (Lipinski definition) is 6. The topological polar surface area (TPSA) is 63.0 Å². The van der Waals surface area contributed by atoms with Gasteiger partial charge in [-0.05, 0) is 50.3 Å². The summed E-state index contributed by atoms with van der Waals surface area (Å²) >= 11 is 0. The largest absolute Gasteiger partial charge is 0.353 e. The van der Waals surface area contributed by atoms with Crippen molar-refractivity contribution in [3.8, 4) is 5.82 Å². The number of hydrogen-bond donors (Lipinski definition) is 0. The highest BCUT2D eigenvalue weighted by Gasteiger charge is 2.24. The molecule has 4 heterocycles. The Morgan fingerprint density at radius 3 is 2.50 bits per heavy atom. The summed E-state index contributed by atoms with van der Waals surface area (Å²) in [4.78, 5) is 18.8. The number of piperazine rings is 1. The summed E-state index contributed by atoms with van der Waals surface area (Å²) in [6.45, 7) is 5.83. The van der Waals surface area contributed by atoms with Crippen LogP contribution in [0, 0.1) is 6.92 Å². The lowest BCUT2D eigenvalue weighted by Crippen LogP contribution is -2.47. The molecule has 1 saturated heterocycles. The Morgan fingerprint density at radius 1 is 0.893 bits per heavy atom. The Labute approximate surface area is 165 Å². The highest BCUT2D eigenvalue weighted by atomic mass is 15.3. The maximum Gasteiger partial charge on any atom is 0.155 e. The van der Waals surface area contributed by atoms with E-state index in [1.54, 1.807) is 6.33 Å². The summed E-state index contributed by atoms with van der Waals surface area (Å²) in [5, 5.41) is 4.38. The minimum absolute atomic E-state index is 0.859. The minimum Gasteiger partial charge on any atom is -0.353 e. The van der Waals surface area contributed by atoms with Crippen molar-refractivity contribution in [3.63, 3.8) is 0 Å². The van der Waals surface area contributed by atoms with Crippen molar-refractivity contribution >= 4 is 11.6 Å². The smallest absolute Gasteiger partial charge is 0.155 e. The number of aromatic nitrogens is 5. The van der Waals surface area contributed by atoms with E-state index in [-0.39, 0.29) is 0 Å². The van der Waals surface area contributed by atoms with Gasteiger partial charge in [-0.3, -0.25) is 0 Å². The normalized spacial score (nSPS) is 16.9. The van der Waals surface area contributed by atoms with Crippen LogP contribution >= 0.6 is 0 Å². The Morgan fingerprint density at radius 2 is 1.68 bits per heavy atom. The van der Waals surface area contributed by atoms with Gasteiger partial charge in [0, 0.05) is 43.6 Å². The van der Waals surface area contributed by atoms with Gasteiger partial charge in [-0.2, -0.15) is 5.10 Å². The van der Waals surface area contributed by atoms with Crippen molar-refractivity contribution in [1.82, 2.24) is 24.7 Å². The second-order valence-electron chi connectivity index (χ2n) is 7.62. The third-order valence-electron chi connectivity index (χ3n) is 5.67. The van der Waals surface area contributed by atoms with Crippen LogP contribution in [-0.2, 0) is 12.8 Å². The van der Waals surface area contributed by atoms with E-state index in [9.17, 15) is 0 Å². The van der Waals surface area contributed by atoms with E-state index in [4.69, 9.17) is 4.98 Å². The quantitative estimate of drug-likeness (QED) is 0.701. The van der Waals surface area contributed by atoms with Gasteiger partial charge in [-0.1, -0.05) is 6.07 Å². The van der Waals surface area contributed by atoms with Crippen LogP contribution < -0.4 is 9.80 Å². The molecule has 0 spiro atoms. The zero-order valence-corrected chi connectivity index (χ0v) is 16.3. The Kier molecular flexibility index (Phi) is 4.43. The average molecular weight is 375 g/mol. The van der Waals surface area contributed by atoms with Crippen molar-refractivity contribution in [1.29, 1.82) is 0 Å². The van der Waals surface area contributed by atoms with Crippen molar-refractivity contribution < 1.29 is 0 Å². The number of rotatable bonds is 3. The van der Waals surface area contributed by atoms with E-state index in [1.165, 1.54) is 24.1 Å². The van der Waals surface area contributed by atoms with Gasteiger partial charge in [0.2, 0.25) is 0 Å². The molecular weight excluding hydrogens is 350 g/mol. The average Bonchev–Trinajstić information content (AvgIpc) is 3.20. The molecule has 1 aliphatic heterocycles. The first-order valence-electron chi connectivity index (χ1n) is 10.1. The van der Waals surface area contributed by atoms with Gasteiger partial charge in [0.05, 0.1) is 6.20 Å². The minimum atomic E-state index is 0.859. The van der Waals surface area contributed by atoms with Crippen LogP contribution in [0.3, 0.4) is 0 Å². The number of nitrogens with zero attached hydrogens (tertiary/aromatic N) is 7. The molecule has 3 aromatic heterocycles. The highest BCUT2D eigenvalue weighted by molar-refractivity contribution is 5.52. The van der Waals surface area contributed by atoms with Crippen LogP contribution in [-0.4, -0.2) is 50.9 Å². The van der Waals surface area contributed by atoms with Gasteiger partial charge in [-0.25, -0.2) is 19.6 Å². The summed E-state index contributed by atoms with van der Waals surface area (Å²) in [6.07, 6.45) is 10.3. The van der Waals surface area contributed by atoms with Crippen molar-refractivity contribution in [2.75, 3.05) is 36.0 Å². The first-order valence-corrected chi connectivity index (χ1v) is 10.1. The van der Waals surface area contributed by atoms with Gasteiger partial charge in [0.1, 0.15) is 18.0 Å². The molecule has 144 valence electrons. The molecule has 1 fully saturated rings. The van der Waals surface area contributed by atoms with E-state index in [1.807, 2.05) is 30.1 Å². The fourth-order valence-electron chi connectivity index (χ4n) is 4.18. The lowest BCUT2D eigenvalue weighted by Gasteiger charge is -2.37. The van der Waals surface area contributed by atoms with Crippen molar-refractivity contribution in [3.05, 3.63) is 53.7 Å². The molecule has 1 aliphatic carbocycles. The molecule has 0 aromatic carbocycles. The van der Waals surface area contributed by atoms with Crippen LogP contribution in [0.25, 0.3) is 5.82 Å². The van der Waals surface area contributed by atoms with Crippen LogP contribution in [0.4, 0.5) is 11.6 Å². The van der Waals surface area contributed by atoms with Crippen LogP contribution in [0.5, 0.6) is 0 Å². The van der Waals surface area contributed by atoms with Crippen molar-refractivity contribution in [2.45, 2.75) is 32.6 Å². The summed E-state index contributed by atoms with van der Waals surface area (Å²) in [7, 11) is 0. The zero-order valence-electron chi connectivity index (χ0n) is 16.3. The number of fused-ring (bicyclic) bond motifs is 1. The van der Waals surface area contributed by atoms with Gasteiger partial charge < -0.3 is 9.80 Å². The van der Waals surface area contributed by atoms with E-state index < -0.39 is 0 Å². The molecule has 28 heavy (non-hydrogen) atoms. The molecule has 0 bridgehead atoms. The lowest BCUT2D eigenvalue weighted by molar-refractivity contribution is 0.619. The molecule has 0 N–H and O–H groups in total. The Bertz CT molecular complexity index is 972. The second-order valence-corrected chi connectivity index (χ2v) is 7.62. The fraction of sp³-hybridized carbons (Fsp3) is 0.429. The maximum absolute atomic E-state index is 4.83. The fourth-order valence-corrected chi connectivity index (χ4v) is 4.18. The molecule has 7 heteroatoms. The van der Waals surface area contributed by atoms with E-state index in [0.717, 1.165) is 62.0 Å². The molecule has 0 unspecified atom stereocenters. The predicted octanol–water partition coefficient (Wildman–Crippen LogP) is 2.57. The molecule has 5 rings (SSSR count). The van der Waals surface area contributed by atoms with Crippen LogP contribution in [0.2, 0.25) is 0 Å². The zero-order chi connectivity index (χ0) is 18.9. The third kappa shape index (κ3) is 3.21. The Balaban J connectivity index is 1.32. The van der Waals surface area contributed by atoms with Crippen molar-refractivity contribution in [2.24, 2.45) is 0 Å². The van der Waals surface area contributed by atoms with Gasteiger partial charge >= 0.3 is 0 Å². The number of pyridine rings is 1. The van der Waals surface area contributed by atoms with E-state index in [0.29, 0.717) is 0 Å². The number of aryl methyl sites for hydroxylation is 2. The molecule has 0 saturated carbocycles. The summed E-state index contributed by atoms with van der Waals surface area (Å²) in [6, 6.07) is 6.14.